The highest BCUT2D eigenvalue weighted by atomic mass is 35.5. The zero-order chi connectivity index (χ0) is 15.4. The van der Waals surface area contributed by atoms with Gasteiger partial charge in [-0.2, -0.15) is 0 Å². The Kier molecular flexibility index (Phi) is 5.31. The molecule has 3 N–H and O–H groups in total. The first kappa shape index (κ1) is 15.9. The Hall–Kier alpha value is -1.46. The minimum Gasteiger partial charge on any atom is -0.452 e. The number of hydrogen-bond donors (Lipinski definition) is 2. The summed E-state index contributed by atoms with van der Waals surface area (Å²) in [6.45, 7) is -0.324. The van der Waals surface area contributed by atoms with Crippen LogP contribution < -0.4 is 11.1 Å². The van der Waals surface area contributed by atoms with Crippen LogP contribution in [0.25, 0.3) is 0 Å². The molecule has 0 spiro atoms. The quantitative estimate of drug-likeness (QED) is 0.657. The number of nitrogens with two attached hydrogens (primary N) is 1. The number of carbonyl (C=O) groups is 2. The van der Waals surface area contributed by atoms with E-state index in [1.807, 2.05) is 0 Å². The molecule has 0 radical (unpaired) electrons. The summed E-state index contributed by atoms with van der Waals surface area (Å²) in [5.41, 5.74) is 5.97. The molecule has 1 aliphatic carbocycles. The second-order valence-corrected chi connectivity index (χ2v) is 5.77. The maximum atomic E-state index is 11.8. The van der Waals surface area contributed by atoms with Gasteiger partial charge in [0.2, 0.25) is 0 Å². The highest BCUT2D eigenvalue weighted by Gasteiger charge is 2.18. The van der Waals surface area contributed by atoms with Gasteiger partial charge in [0.05, 0.1) is 21.3 Å². The fourth-order valence-corrected chi connectivity index (χ4v) is 2.62. The number of amides is 1. The third-order valence-corrected chi connectivity index (χ3v) is 4.16. The van der Waals surface area contributed by atoms with Gasteiger partial charge in [-0.25, -0.2) is 4.79 Å². The van der Waals surface area contributed by atoms with Crippen molar-refractivity contribution < 1.29 is 14.3 Å². The average Bonchev–Trinajstić information content (AvgIpc) is 2.94. The van der Waals surface area contributed by atoms with Gasteiger partial charge in [-0.05, 0) is 25.0 Å². The first-order chi connectivity index (χ1) is 9.97. The van der Waals surface area contributed by atoms with E-state index >= 15 is 0 Å². The summed E-state index contributed by atoms with van der Waals surface area (Å²) in [4.78, 5) is 23.5. The molecule has 0 unspecified atom stereocenters. The molecule has 1 aliphatic rings. The molecule has 2 rings (SSSR count). The van der Waals surface area contributed by atoms with Crippen molar-refractivity contribution in [2.24, 2.45) is 0 Å². The topological polar surface area (TPSA) is 81.4 Å². The largest absolute Gasteiger partial charge is 0.452 e. The molecular weight excluding hydrogens is 315 g/mol. The van der Waals surface area contributed by atoms with Gasteiger partial charge < -0.3 is 15.8 Å². The molecular formula is C14H16Cl2N2O3. The Balaban J connectivity index is 1.88. The van der Waals surface area contributed by atoms with E-state index in [2.05, 4.69) is 5.32 Å². The molecule has 0 aromatic heterocycles. The van der Waals surface area contributed by atoms with Crippen LogP contribution >= 0.6 is 23.2 Å². The summed E-state index contributed by atoms with van der Waals surface area (Å²) in [6.07, 6.45) is 4.19. The van der Waals surface area contributed by atoms with Crippen molar-refractivity contribution in [2.45, 2.75) is 31.7 Å². The molecule has 114 valence electrons. The molecule has 0 heterocycles. The van der Waals surface area contributed by atoms with Gasteiger partial charge in [-0.1, -0.05) is 36.0 Å². The molecule has 1 saturated carbocycles. The number of ether oxygens (including phenoxy) is 1. The van der Waals surface area contributed by atoms with Crippen molar-refractivity contribution in [2.75, 3.05) is 12.3 Å². The first-order valence-electron chi connectivity index (χ1n) is 6.68. The monoisotopic (exact) mass is 330 g/mol. The predicted octanol–water partition coefficient (Wildman–Crippen LogP) is 2.79. The van der Waals surface area contributed by atoms with Crippen molar-refractivity contribution in [1.29, 1.82) is 0 Å². The van der Waals surface area contributed by atoms with Crippen molar-refractivity contribution in [3.8, 4) is 0 Å². The fraction of sp³-hybridized carbons (Fsp3) is 0.429. The lowest BCUT2D eigenvalue weighted by molar-refractivity contribution is -0.124. The minimum atomic E-state index is -0.665. The molecule has 0 atom stereocenters. The maximum absolute atomic E-state index is 11.8. The molecule has 0 aliphatic heterocycles. The number of hydrogen-bond acceptors (Lipinski definition) is 4. The van der Waals surface area contributed by atoms with Crippen LogP contribution in [0.5, 0.6) is 0 Å². The lowest BCUT2D eigenvalue weighted by atomic mass is 10.2. The second kappa shape index (κ2) is 7.00. The van der Waals surface area contributed by atoms with E-state index in [0.29, 0.717) is 0 Å². The summed E-state index contributed by atoms with van der Waals surface area (Å²) < 4.78 is 4.94. The van der Waals surface area contributed by atoms with E-state index in [9.17, 15) is 9.59 Å². The molecule has 1 aromatic carbocycles. The highest BCUT2D eigenvalue weighted by molar-refractivity contribution is 6.43. The number of benzene rings is 1. The van der Waals surface area contributed by atoms with E-state index in [-0.39, 0.29) is 39.9 Å². The van der Waals surface area contributed by atoms with E-state index in [1.165, 1.54) is 12.1 Å². The number of halogens is 2. The van der Waals surface area contributed by atoms with Crippen LogP contribution in [0.4, 0.5) is 5.69 Å². The first-order valence-corrected chi connectivity index (χ1v) is 7.44. The number of anilines is 1. The zero-order valence-electron chi connectivity index (χ0n) is 11.3. The van der Waals surface area contributed by atoms with E-state index < -0.39 is 5.97 Å². The third-order valence-electron chi connectivity index (χ3n) is 3.35. The molecule has 1 fully saturated rings. The molecule has 7 heteroatoms. The van der Waals surface area contributed by atoms with Gasteiger partial charge in [-0.15, -0.1) is 0 Å². The van der Waals surface area contributed by atoms with Crippen LogP contribution in [0, 0.1) is 0 Å². The molecule has 0 bridgehead atoms. The summed E-state index contributed by atoms with van der Waals surface area (Å²) in [6, 6.07) is 2.92. The molecule has 1 aromatic rings. The smallest absolute Gasteiger partial charge is 0.338 e. The summed E-state index contributed by atoms with van der Waals surface area (Å²) >= 11 is 11.6. The van der Waals surface area contributed by atoms with Crippen LogP contribution in [-0.4, -0.2) is 24.5 Å². The number of rotatable bonds is 4. The average molecular weight is 331 g/mol. The Bertz CT molecular complexity index is 534. The summed E-state index contributed by atoms with van der Waals surface area (Å²) in [5, 5.41) is 3.18. The molecule has 21 heavy (non-hydrogen) atoms. The summed E-state index contributed by atoms with van der Waals surface area (Å²) in [7, 11) is 0. The number of carbonyl (C=O) groups excluding carboxylic acids is 2. The van der Waals surface area contributed by atoms with Crippen molar-refractivity contribution >= 4 is 40.8 Å². The second-order valence-electron chi connectivity index (χ2n) is 4.99. The predicted molar refractivity (Wildman–Crippen MR) is 81.6 cm³/mol. The van der Waals surface area contributed by atoms with Crippen LogP contribution in [0.2, 0.25) is 10.0 Å². The van der Waals surface area contributed by atoms with Crippen LogP contribution in [0.15, 0.2) is 12.1 Å². The fourth-order valence-electron chi connectivity index (χ4n) is 2.28. The van der Waals surface area contributed by atoms with E-state index in [4.69, 9.17) is 33.7 Å². The normalized spacial score (nSPS) is 15.0. The van der Waals surface area contributed by atoms with Gasteiger partial charge in [0.1, 0.15) is 0 Å². The Morgan fingerprint density at radius 3 is 2.57 bits per heavy atom. The molecule has 5 nitrogen and oxygen atoms in total. The van der Waals surface area contributed by atoms with Gasteiger partial charge in [0, 0.05) is 6.04 Å². The van der Waals surface area contributed by atoms with Crippen molar-refractivity contribution in [3.63, 3.8) is 0 Å². The summed E-state index contributed by atoms with van der Waals surface area (Å²) in [5.74, 6) is -0.967. The Labute approximate surface area is 132 Å². The minimum absolute atomic E-state index is 0.163. The van der Waals surface area contributed by atoms with Gasteiger partial charge in [0.25, 0.3) is 5.91 Å². The SMILES string of the molecule is Nc1cc(C(=O)OCC(=O)NC2CCCC2)cc(Cl)c1Cl. The lowest BCUT2D eigenvalue weighted by Crippen LogP contribution is -2.35. The Morgan fingerprint density at radius 2 is 1.95 bits per heavy atom. The van der Waals surface area contributed by atoms with Crippen molar-refractivity contribution in [3.05, 3.63) is 27.7 Å². The van der Waals surface area contributed by atoms with E-state index in [1.54, 1.807) is 0 Å². The third kappa shape index (κ3) is 4.25. The van der Waals surface area contributed by atoms with E-state index in [0.717, 1.165) is 25.7 Å². The number of nitrogens with one attached hydrogen (secondary N) is 1. The Morgan fingerprint density at radius 1 is 1.29 bits per heavy atom. The maximum Gasteiger partial charge on any atom is 0.338 e. The number of nitrogen functional groups attached to an aromatic ring is 1. The van der Waals surface area contributed by atoms with Crippen LogP contribution in [0.3, 0.4) is 0 Å². The van der Waals surface area contributed by atoms with Crippen LogP contribution in [-0.2, 0) is 9.53 Å². The molecule has 1 amide bonds. The lowest BCUT2D eigenvalue weighted by Gasteiger charge is -2.12. The van der Waals surface area contributed by atoms with Crippen molar-refractivity contribution in [1.82, 2.24) is 5.32 Å². The molecule has 0 saturated heterocycles. The zero-order valence-corrected chi connectivity index (χ0v) is 12.8. The van der Waals surface area contributed by atoms with Gasteiger partial charge >= 0.3 is 5.97 Å². The standard InChI is InChI=1S/C14H16Cl2N2O3/c15-10-5-8(6-11(17)13(10)16)14(20)21-7-12(19)18-9-3-1-2-4-9/h5-6,9H,1-4,7,17H2,(H,18,19). The van der Waals surface area contributed by atoms with Gasteiger partial charge in [-0.3, -0.25) is 4.79 Å². The number of esters is 1. The highest BCUT2D eigenvalue weighted by Crippen LogP contribution is 2.29. The van der Waals surface area contributed by atoms with Gasteiger partial charge in [0.15, 0.2) is 6.61 Å². The van der Waals surface area contributed by atoms with Crippen LogP contribution in [0.1, 0.15) is 36.0 Å².